The fourth-order valence-corrected chi connectivity index (χ4v) is 8.49. The normalized spacial score (nSPS) is 53.2. The average molecular weight is 991 g/mol. The van der Waals surface area contributed by atoms with Gasteiger partial charge in [-0.1, -0.05) is 0 Å². The molecule has 6 heterocycles. The van der Waals surface area contributed by atoms with Gasteiger partial charge < -0.3 is 154 Å². The highest BCUT2D eigenvalue weighted by molar-refractivity contribution is 5.01. The van der Waals surface area contributed by atoms with E-state index in [2.05, 4.69) is 0 Å². The summed E-state index contributed by atoms with van der Waals surface area (Å²) in [5, 5.41) is 211. The van der Waals surface area contributed by atoms with Gasteiger partial charge in [0.15, 0.2) is 31.5 Å². The van der Waals surface area contributed by atoms with E-state index in [9.17, 15) is 102 Å². The molecule has 6 saturated heterocycles. The molecule has 29 atom stereocenters. The number of ether oxygens (including phenoxy) is 11. The molecule has 31 nitrogen and oxygen atoms in total. The highest BCUT2D eigenvalue weighted by Crippen LogP contribution is 2.40. The predicted molar refractivity (Wildman–Crippen MR) is 199 cm³/mol. The van der Waals surface area contributed by atoms with Crippen molar-refractivity contribution in [1.29, 1.82) is 0 Å². The topological polar surface area (TPSA) is 506 Å². The van der Waals surface area contributed by atoms with Gasteiger partial charge in [0.25, 0.3) is 0 Å². The third kappa shape index (κ3) is 10.8. The van der Waals surface area contributed by atoms with Crippen LogP contribution < -0.4 is 0 Å². The summed E-state index contributed by atoms with van der Waals surface area (Å²) in [4.78, 5) is 0. The fourth-order valence-electron chi connectivity index (χ4n) is 8.49. The molecule has 392 valence electrons. The van der Waals surface area contributed by atoms with Crippen LogP contribution in [0, 0.1) is 0 Å². The van der Waals surface area contributed by atoms with Crippen LogP contribution in [-0.4, -0.2) is 326 Å². The maximum Gasteiger partial charge on any atom is 0.224 e. The summed E-state index contributed by atoms with van der Waals surface area (Å²) in [6.45, 7) is -7.21. The quantitative estimate of drug-likeness (QED) is 0.0643. The Morgan fingerprint density at radius 1 is 0.299 bits per heavy atom. The monoisotopic (exact) mass is 990 g/mol. The van der Waals surface area contributed by atoms with Gasteiger partial charge in [0.1, 0.15) is 147 Å². The Hall–Kier alpha value is -1.24. The van der Waals surface area contributed by atoms with Crippen LogP contribution in [0.4, 0.5) is 0 Å². The predicted octanol–water partition coefficient (Wildman–Crippen LogP) is -14.1. The van der Waals surface area contributed by atoms with E-state index < -0.39 is 224 Å². The highest BCUT2D eigenvalue weighted by atomic mass is 16.8. The Kier molecular flexibility index (Phi) is 19.0. The van der Waals surface area contributed by atoms with Crippen LogP contribution >= 0.6 is 0 Å². The minimum absolute atomic E-state index is 0.909. The van der Waals surface area contributed by atoms with E-state index in [0.29, 0.717) is 0 Å². The largest absolute Gasteiger partial charge is 0.394 e. The van der Waals surface area contributed by atoms with Gasteiger partial charge in [0, 0.05) is 0 Å². The van der Waals surface area contributed by atoms with Crippen molar-refractivity contribution in [3.8, 4) is 0 Å². The zero-order valence-corrected chi connectivity index (χ0v) is 35.1. The zero-order chi connectivity index (χ0) is 49.4. The third-order valence-corrected chi connectivity index (χ3v) is 12.5. The van der Waals surface area contributed by atoms with Crippen molar-refractivity contribution in [3.05, 3.63) is 0 Å². The molecule has 0 aromatic heterocycles. The lowest BCUT2D eigenvalue weighted by molar-refractivity contribution is -0.424. The summed E-state index contributed by atoms with van der Waals surface area (Å²) in [6, 6.07) is 0. The second-order valence-corrected chi connectivity index (χ2v) is 16.8. The number of rotatable bonds is 17. The first-order valence-electron chi connectivity index (χ1n) is 21.1. The van der Waals surface area contributed by atoms with Crippen molar-refractivity contribution in [2.45, 2.75) is 178 Å². The lowest BCUT2D eigenvalue weighted by atomic mass is 9.95. The third-order valence-electron chi connectivity index (χ3n) is 12.5. The van der Waals surface area contributed by atoms with Crippen LogP contribution in [-0.2, 0) is 52.1 Å². The molecule has 0 aliphatic carbocycles. The first-order valence-corrected chi connectivity index (χ1v) is 21.1. The number of aliphatic hydroxyl groups is 20. The van der Waals surface area contributed by atoms with Gasteiger partial charge in [0.2, 0.25) is 5.79 Å². The van der Waals surface area contributed by atoms with Gasteiger partial charge in [-0.2, -0.15) is 0 Å². The smallest absolute Gasteiger partial charge is 0.224 e. The summed E-state index contributed by atoms with van der Waals surface area (Å²) in [5.74, 6) is -2.66. The van der Waals surface area contributed by atoms with Crippen LogP contribution in [0.3, 0.4) is 0 Å². The molecule has 0 spiro atoms. The molecule has 6 fully saturated rings. The molecule has 67 heavy (non-hydrogen) atoms. The highest BCUT2D eigenvalue weighted by Gasteiger charge is 2.61. The van der Waals surface area contributed by atoms with Crippen molar-refractivity contribution >= 4 is 0 Å². The van der Waals surface area contributed by atoms with Crippen LogP contribution in [0.2, 0.25) is 0 Å². The van der Waals surface area contributed by atoms with Crippen molar-refractivity contribution in [2.24, 2.45) is 0 Å². The SMILES string of the molecule is OCC1OC(OC2C(OC3C(OC4C(OC5C(OC6(CO)OC(CO)C(O)C6O)OC(CO)C(O)C5O)OC(CO)C(O)C4O)OC(CO)C(O)C3O)OC(CO)C(O)C2O)C(O)C(O)C1O. The Bertz CT molecular complexity index is 1520. The minimum atomic E-state index is -2.66. The molecular formula is C36H62O31. The molecule has 0 saturated carbocycles. The molecular weight excluding hydrogens is 928 g/mol. The summed E-state index contributed by atoms with van der Waals surface area (Å²) >= 11 is 0. The van der Waals surface area contributed by atoms with Crippen molar-refractivity contribution in [2.75, 3.05) is 46.2 Å². The second-order valence-electron chi connectivity index (χ2n) is 16.8. The molecule has 6 rings (SSSR count). The van der Waals surface area contributed by atoms with Crippen molar-refractivity contribution < 1.29 is 154 Å². The lowest BCUT2D eigenvalue weighted by Gasteiger charge is -2.50. The zero-order valence-electron chi connectivity index (χ0n) is 35.1. The fraction of sp³-hybridized carbons (Fsp3) is 1.00. The molecule has 6 aliphatic heterocycles. The van der Waals surface area contributed by atoms with Crippen molar-refractivity contribution in [1.82, 2.24) is 0 Å². The van der Waals surface area contributed by atoms with Crippen LogP contribution in [0.1, 0.15) is 0 Å². The van der Waals surface area contributed by atoms with E-state index in [1.54, 1.807) is 0 Å². The van der Waals surface area contributed by atoms with Crippen LogP contribution in [0.25, 0.3) is 0 Å². The van der Waals surface area contributed by atoms with Gasteiger partial charge in [-0.3, -0.25) is 0 Å². The molecule has 0 bridgehead atoms. The van der Waals surface area contributed by atoms with Gasteiger partial charge >= 0.3 is 0 Å². The first-order chi connectivity index (χ1) is 31.8. The molecule has 0 radical (unpaired) electrons. The summed E-state index contributed by atoms with van der Waals surface area (Å²) in [5.41, 5.74) is 0. The molecule has 0 aromatic carbocycles. The van der Waals surface area contributed by atoms with Crippen LogP contribution in [0.15, 0.2) is 0 Å². The Morgan fingerprint density at radius 3 is 0.896 bits per heavy atom. The molecule has 31 heteroatoms. The lowest BCUT2D eigenvalue weighted by Crippen LogP contribution is -2.69. The van der Waals surface area contributed by atoms with Gasteiger partial charge in [0.05, 0.1) is 39.6 Å². The van der Waals surface area contributed by atoms with E-state index in [0.717, 1.165) is 0 Å². The van der Waals surface area contributed by atoms with Gasteiger partial charge in [-0.05, 0) is 0 Å². The standard InChI is InChI=1S/C36H62O31/c37-1-8-14(44)20(50)25(55)31(57-8)62-26-21(51)15(45)9(2-38)58-32(26)63-27-22(52)16(46)10(3-39)59-33(27)64-28-23(53)17(47)11(4-40)60-34(28)65-29-24(54)18(48)12(5-41)61-35(29)67-36(7-43)30(56)19(49)13(6-42)66-36/h8-35,37-56H,1-7H2. The minimum Gasteiger partial charge on any atom is -0.394 e. The second kappa shape index (κ2) is 23.1. The van der Waals surface area contributed by atoms with Crippen LogP contribution in [0.5, 0.6) is 0 Å². The number of aliphatic hydroxyl groups excluding tert-OH is 20. The van der Waals surface area contributed by atoms with E-state index in [4.69, 9.17) is 52.1 Å². The molecule has 29 unspecified atom stereocenters. The summed E-state index contributed by atoms with van der Waals surface area (Å²) in [7, 11) is 0. The van der Waals surface area contributed by atoms with Gasteiger partial charge in [-0.15, -0.1) is 0 Å². The summed E-state index contributed by atoms with van der Waals surface area (Å²) in [6.07, 6.45) is -56.6. The van der Waals surface area contributed by atoms with E-state index in [-0.39, 0.29) is 0 Å². The number of hydrogen-bond acceptors (Lipinski definition) is 31. The number of hydrogen-bond donors (Lipinski definition) is 20. The van der Waals surface area contributed by atoms with E-state index in [1.165, 1.54) is 0 Å². The Balaban J connectivity index is 1.33. The van der Waals surface area contributed by atoms with Crippen molar-refractivity contribution in [3.63, 3.8) is 0 Å². The maximum atomic E-state index is 11.5. The molecule has 6 aliphatic rings. The maximum absolute atomic E-state index is 11.5. The summed E-state index contributed by atoms with van der Waals surface area (Å²) < 4.78 is 62.6. The average Bonchev–Trinajstić information content (AvgIpc) is 3.57. The Labute approximate surface area is 378 Å². The molecule has 0 amide bonds. The Morgan fingerprint density at radius 2 is 0.582 bits per heavy atom. The molecule has 0 aromatic rings. The van der Waals surface area contributed by atoms with E-state index in [1.807, 2.05) is 0 Å². The van der Waals surface area contributed by atoms with Gasteiger partial charge in [-0.25, -0.2) is 0 Å². The molecule has 20 N–H and O–H groups in total. The first kappa shape index (κ1) is 55.1. The van der Waals surface area contributed by atoms with E-state index >= 15 is 0 Å².